The van der Waals surface area contributed by atoms with Crippen LogP contribution in [0.15, 0.2) is 12.1 Å². The van der Waals surface area contributed by atoms with Gasteiger partial charge in [0.2, 0.25) is 6.79 Å². The van der Waals surface area contributed by atoms with E-state index in [4.69, 9.17) is 14.2 Å². The normalized spacial score (nSPS) is 18.9. The first-order valence-corrected chi connectivity index (χ1v) is 6.54. The van der Waals surface area contributed by atoms with Crippen LogP contribution < -0.4 is 19.5 Å². The van der Waals surface area contributed by atoms with Crippen molar-refractivity contribution < 1.29 is 14.2 Å². The van der Waals surface area contributed by atoms with Gasteiger partial charge in [0.25, 0.3) is 0 Å². The van der Waals surface area contributed by atoms with Crippen molar-refractivity contribution >= 4 is 0 Å². The molecule has 0 aromatic heterocycles. The minimum absolute atomic E-state index is 0.315. The number of hydrogen-bond donors (Lipinski definition) is 1. The lowest BCUT2D eigenvalue weighted by atomic mass is 9.90. The zero-order valence-electron chi connectivity index (χ0n) is 10.7. The van der Waals surface area contributed by atoms with Crippen molar-refractivity contribution in [3.63, 3.8) is 0 Å². The maximum Gasteiger partial charge on any atom is 0.231 e. The fourth-order valence-corrected chi connectivity index (χ4v) is 2.71. The molecule has 4 heteroatoms. The maximum absolute atomic E-state index is 5.46. The summed E-state index contributed by atoms with van der Waals surface area (Å²) in [4.78, 5) is 0. The van der Waals surface area contributed by atoms with E-state index in [1.165, 1.54) is 18.4 Å². The van der Waals surface area contributed by atoms with Crippen LogP contribution in [0.1, 0.15) is 18.4 Å². The van der Waals surface area contributed by atoms with Crippen molar-refractivity contribution in [1.29, 1.82) is 0 Å². The molecule has 4 nitrogen and oxygen atoms in total. The SMILES string of the molecule is COc1cc2c(cc1CC1CCNCC1)OCO2. The van der Waals surface area contributed by atoms with Crippen LogP contribution in [0.5, 0.6) is 17.2 Å². The van der Waals surface area contributed by atoms with Gasteiger partial charge in [-0.15, -0.1) is 0 Å². The lowest BCUT2D eigenvalue weighted by molar-refractivity contribution is 0.174. The van der Waals surface area contributed by atoms with Gasteiger partial charge >= 0.3 is 0 Å². The molecule has 98 valence electrons. The van der Waals surface area contributed by atoms with Gasteiger partial charge in [-0.2, -0.15) is 0 Å². The van der Waals surface area contributed by atoms with Gasteiger partial charge in [0.1, 0.15) is 5.75 Å². The van der Waals surface area contributed by atoms with E-state index in [-0.39, 0.29) is 0 Å². The smallest absolute Gasteiger partial charge is 0.231 e. The molecule has 0 unspecified atom stereocenters. The first kappa shape index (κ1) is 11.7. The highest BCUT2D eigenvalue weighted by molar-refractivity contribution is 5.52. The van der Waals surface area contributed by atoms with Crippen LogP contribution in [0.3, 0.4) is 0 Å². The fourth-order valence-electron chi connectivity index (χ4n) is 2.71. The Balaban J connectivity index is 1.81. The van der Waals surface area contributed by atoms with E-state index in [1.807, 2.05) is 6.07 Å². The summed E-state index contributed by atoms with van der Waals surface area (Å²) in [6.07, 6.45) is 3.52. The van der Waals surface area contributed by atoms with Crippen LogP contribution in [0, 0.1) is 5.92 Å². The lowest BCUT2D eigenvalue weighted by Crippen LogP contribution is -2.28. The largest absolute Gasteiger partial charge is 0.496 e. The summed E-state index contributed by atoms with van der Waals surface area (Å²) >= 11 is 0. The van der Waals surface area contributed by atoms with Crippen molar-refractivity contribution in [1.82, 2.24) is 5.32 Å². The van der Waals surface area contributed by atoms with Crippen LogP contribution in [0.4, 0.5) is 0 Å². The predicted octanol–water partition coefficient (Wildman–Crippen LogP) is 1.97. The Morgan fingerprint density at radius 1 is 1.22 bits per heavy atom. The lowest BCUT2D eigenvalue weighted by Gasteiger charge is -2.23. The number of fused-ring (bicyclic) bond motifs is 1. The van der Waals surface area contributed by atoms with Crippen molar-refractivity contribution in [2.45, 2.75) is 19.3 Å². The van der Waals surface area contributed by atoms with Gasteiger partial charge < -0.3 is 19.5 Å². The first-order chi connectivity index (χ1) is 8.86. The molecule has 0 spiro atoms. The van der Waals surface area contributed by atoms with Gasteiger partial charge in [-0.05, 0) is 49.9 Å². The Hall–Kier alpha value is -1.42. The maximum atomic E-state index is 5.46. The summed E-state index contributed by atoms with van der Waals surface area (Å²) < 4.78 is 16.3. The Morgan fingerprint density at radius 2 is 1.94 bits per heavy atom. The first-order valence-electron chi connectivity index (χ1n) is 6.54. The van der Waals surface area contributed by atoms with Crippen molar-refractivity contribution in [2.24, 2.45) is 5.92 Å². The highest BCUT2D eigenvalue weighted by atomic mass is 16.7. The summed E-state index contributed by atoms with van der Waals surface area (Å²) in [5.41, 5.74) is 1.23. The van der Waals surface area contributed by atoms with E-state index in [9.17, 15) is 0 Å². The molecule has 0 bridgehead atoms. The molecule has 2 heterocycles. The number of nitrogens with one attached hydrogen (secondary N) is 1. The van der Waals surface area contributed by atoms with Crippen LogP contribution >= 0.6 is 0 Å². The number of rotatable bonds is 3. The topological polar surface area (TPSA) is 39.7 Å². The van der Waals surface area contributed by atoms with Gasteiger partial charge in [-0.3, -0.25) is 0 Å². The summed E-state index contributed by atoms with van der Waals surface area (Å²) in [5, 5.41) is 3.39. The predicted molar refractivity (Wildman–Crippen MR) is 68.4 cm³/mol. The Kier molecular flexibility index (Phi) is 3.28. The zero-order chi connectivity index (χ0) is 12.4. The second-order valence-electron chi connectivity index (χ2n) is 4.91. The molecule has 3 rings (SSSR count). The van der Waals surface area contributed by atoms with Gasteiger partial charge in [-0.25, -0.2) is 0 Å². The van der Waals surface area contributed by atoms with E-state index in [0.29, 0.717) is 6.79 Å². The van der Waals surface area contributed by atoms with E-state index >= 15 is 0 Å². The van der Waals surface area contributed by atoms with E-state index in [1.54, 1.807) is 7.11 Å². The molecule has 1 aromatic carbocycles. The van der Waals surface area contributed by atoms with Crippen LogP contribution in [0.25, 0.3) is 0 Å². The fraction of sp³-hybridized carbons (Fsp3) is 0.571. The third-order valence-electron chi connectivity index (χ3n) is 3.74. The molecule has 2 aliphatic rings. The summed E-state index contributed by atoms with van der Waals surface area (Å²) in [5.74, 6) is 3.29. The molecule has 1 fully saturated rings. The Morgan fingerprint density at radius 3 is 2.67 bits per heavy atom. The molecule has 1 N–H and O–H groups in total. The standard InChI is InChI=1S/C14H19NO3/c1-16-12-8-14-13(17-9-18-14)7-11(12)6-10-2-4-15-5-3-10/h7-8,10,15H,2-6,9H2,1H3. The van der Waals surface area contributed by atoms with Crippen molar-refractivity contribution in [3.05, 3.63) is 17.7 Å². The molecule has 0 atom stereocenters. The van der Waals surface area contributed by atoms with E-state index < -0.39 is 0 Å². The number of benzene rings is 1. The monoisotopic (exact) mass is 249 g/mol. The second-order valence-corrected chi connectivity index (χ2v) is 4.91. The highest BCUT2D eigenvalue weighted by Gasteiger charge is 2.21. The van der Waals surface area contributed by atoms with Gasteiger partial charge in [-0.1, -0.05) is 0 Å². The average molecular weight is 249 g/mol. The molecule has 1 saturated heterocycles. The quantitative estimate of drug-likeness (QED) is 0.889. The molecule has 18 heavy (non-hydrogen) atoms. The zero-order valence-corrected chi connectivity index (χ0v) is 10.7. The summed E-state index contributed by atoms with van der Waals surface area (Å²) in [6.45, 7) is 2.56. The van der Waals surface area contributed by atoms with Crippen molar-refractivity contribution in [2.75, 3.05) is 27.0 Å². The molecule has 0 radical (unpaired) electrons. The van der Waals surface area contributed by atoms with Crippen LogP contribution in [-0.2, 0) is 6.42 Å². The number of hydrogen-bond acceptors (Lipinski definition) is 4. The van der Waals surface area contributed by atoms with Gasteiger partial charge in [0.05, 0.1) is 7.11 Å². The third-order valence-corrected chi connectivity index (χ3v) is 3.74. The molecule has 0 aliphatic carbocycles. The minimum atomic E-state index is 0.315. The average Bonchev–Trinajstić information content (AvgIpc) is 2.86. The number of methoxy groups -OCH3 is 1. The molecular weight excluding hydrogens is 230 g/mol. The second kappa shape index (κ2) is 5.06. The molecule has 0 amide bonds. The molecule has 2 aliphatic heterocycles. The van der Waals surface area contributed by atoms with Crippen molar-refractivity contribution in [3.8, 4) is 17.2 Å². The highest BCUT2D eigenvalue weighted by Crippen LogP contribution is 2.39. The third kappa shape index (κ3) is 2.25. The number of ether oxygens (including phenoxy) is 3. The van der Waals surface area contributed by atoms with Crippen LogP contribution in [0.2, 0.25) is 0 Å². The Labute approximate surface area is 107 Å². The van der Waals surface area contributed by atoms with E-state index in [0.717, 1.165) is 42.7 Å². The summed E-state index contributed by atoms with van der Waals surface area (Å²) in [6, 6.07) is 4.02. The molecular formula is C14H19NO3. The molecule has 1 aromatic rings. The van der Waals surface area contributed by atoms with Gasteiger partial charge in [0, 0.05) is 6.07 Å². The van der Waals surface area contributed by atoms with Crippen LogP contribution in [-0.4, -0.2) is 27.0 Å². The summed E-state index contributed by atoms with van der Waals surface area (Å²) in [7, 11) is 1.71. The molecule has 0 saturated carbocycles. The van der Waals surface area contributed by atoms with E-state index in [2.05, 4.69) is 11.4 Å². The Bertz CT molecular complexity index is 427. The minimum Gasteiger partial charge on any atom is -0.496 e. The number of piperidine rings is 1. The van der Waals surface area contributed by atoms with Gasteiger partial charge in [0.15, 0.2) is 11.5 Å².